The van der Waals surface area contributed by atoms with Gasteiger partial charge in [-0.05, 0) is 50.0 Å². The number of nitrogens with two attached hydrogens (primary N) is 1. The van der Waals surface area contributed by atoms with Gasteiger partial charge in [-0.3, -0.25) is 0 Å². The van der Waals surface area contributed by atoms with E-state index in [-0.39, 0.29) is 5.82 Å². The summed E-state index contributed by atoms with van der Waals surface area (Å²) in [4.78, 5) is 0. The van der Waals surface area contributed by atoms with Crippen molar-refractivity contribution in [3.63, 3.8) is 0 Å². The second kappa shape index (κ2) is 6.53. The van der Waals surface area contributed by atoms with Crippen LogP contribution in [0.25, 0.3) is 0 Å². The Morgan fingerprint density at radius 1 is 1.33 bits per heavy atom. The summed E-state index contributed by atoms with van der Waals surface area (Å²) in [5, 5.41) is 3.31. The molecular formula is C12H19FN2. The van der Waals surface area contributed by atoms with E-state index in [0.717, 1.165) is 38.0 Å². The highest BCUT2D eigenvalue weighted by Crippen LogP contribution is 2.08. The molecule has 0 unspecified atom stereocenters. The molecule has 0 heterocycles. The Morgan fingerprint density at radius 3 is 2.80 bits per heavy atom. The van der Waals surface area contributed by atoms with Gasteiger partial charge in [-0.2, -0.15) is 0 Å². The summed E-state index contributed by atoms with van der Waals surface area (Å²) in [6.45, 7) is 4.30. The number of rotatable bonds is 6. The molecule has 0 aromatic heterocycles. The largest absolute Gasteiger partial charge is 0.330 e. The van der Waals surface area contributed by atoms with Gasteiger partial charge in [0.15, 0.2) is 0 Å². The molecule has 3 heteroatoms. The maximum absolute atomic E-state index is 13.0. The lowest BCUT2D eigenvalue weighted by Gasteiger charge is -2.05. The molecule has 3 N–H and O–H groups in total. The van der Waals surface area contributed by atoms with E-state index in [0.29, 0.717) is 5.56 Å². The SMILES string of the molecule is Cc1cc(CNCCCCN)ccc1F. The zero-order chi connectivity index (χ0) is 11.1. The Kier molecular flexibility index (Phi) is 5.29. The molecule has 1 aromatic carbocycles. The number of unbranched alkanes of at least 4 members (excludes halogenated alkanes) is 1. The monoisotopic (exact) mass is 210 g/mol. The molecule has 1 rings (SSSR count). The molecule has 0 atom stereocenters. The molecule has 0 aliphatic rings. The van der Waals surface area contributed by atoms with Crippen LogP contribution in [0, 0.1) is 12.7 Å². The molecule has 0 aliphatic heterocycles. The maximum Gasteiger partial charge on any atom is 0.126 e. The lowest BCUT2D eigenvalue weighted by Crippen LogP contribution is -2.15. The number of hydrogen-bond acceptors (Lipinski definition) is 2. The minimum absolute atomic E-state index is 0.137. The van der Waals surface area contributed by atoms with E-state index in [9.17, 15) is 4.39 Å². The van der Waals surface area contributed by atoms with E-state index in [1.54, 1.807) is 6.92 Å². The molecule has 0 aliphatic carbocycles. The average molecular weight is 210 g/mol. The number of aryl methyl sites for hydroxylation is 1. The minimum atomic E-state index is -0.137. The second-order valence-corrected chi connectivity index (χ2v) is 3.76. The van der Waals surface area contributed by atoms with Crippen LogP contribution in [-0.4, -0.2) is 13.1 Å². The van der Waals surface area contributed by atoms with Crippen LogP contribution in [0.15, 0.2) is 18.2 Å². The van der Waals surface area contributed by atoms with Crippen LogP contribution in [0.4, 0.5) is 4.39 Å². The van der Waals surface area contributed by atoms with Crippen molar-refractivity contribution >= 4 is 0 Å². The Hall–Kier alpha value is -0.930. The van der Waals surface area contributed by atoms with Crippen molar-refractivity contribution in [3.05, 3.63) is 35.1 Å². The molecule has 0 bridgehead atoms. The summed E-state index contributed by atoms with van der Waals surface area (Å²) < 4.78 is 13.0. The van der Waals surface area contributed by atoms with Crippen LogP contribution < -0.4 is 11.1 Å². The van der Waals surface area contributed by atoms with E-state index < -0.39 is 0 Å². The van der Waals surface area contributed by atoms with Crippen LogP contribution in [-0.2, 0) is 6.54 Å². The van der Waals surface area contributed by atoms with Crippen LogP contribution in [0.2, 0.25) is 0 Å². The van der Waals surface area contributed by atoms with Crippen LogP contribution in [0.1, 0.15) is 24.0 Å². The first-order valence-electron chi connectivity index (χ1n) is 5.40. The van der Waals surface area contributed by atoms with Gasteiger partial charge in [0, 0.05) is 6.54 Å². The molecule has 0 amide bonds. The normalized spacial score (nSPS) is 10.6. The van der Waals surface area contributed by atoms with Gasteiger partial charge in [-0.25, -0.2) is 4.39 Å². The fourth-order valence-corrected chi connectivity index (χ4v) is 1.44. The summed E-state index contributed by atoms with van der Waals surface area (Å²) >= 11 is 0. The summed E-state index contributed by atoms with van der Waals surface area (Å²) in [6.07, 6.45) is 2.14. The van der Waals surface area contributed by atoms with Crippen molar-refractivity contribution in [1.29, 1.82) is 0 Å². The molecule has 2 nitrogen and oxygen atoms in total. The first-order valence-corrected chi connectivity index (χ1v) is 5.40. The first-order chi connectivity index (χ1) is 7.24. The molecule has 0 saturated carbocycles. The Balaban J connectivity index is 2.28. The van der Waals surface area contributed by atoms with Gasteiger partial charge in [0.1, 0.15) is 5.82 Å². The summed E-state index contributed by atoms with van der Waals surface area (Å²) in [5.41, 5.74) is 7.22. The third-order valence-corrected chi connectivity index (χ3v) is 2.36. The topological polar surface area (TPSA) is 38.0 Å². The van der Waals surface area contributed by atoms with Gasteiger partial charge in [0.25, 0.3) is 0 Å². The van der Waals surface area contributed by atoms with E-state index in [4.69, 9.17) is 5.73 Å². The van der Waals surface area contributed by atoms with Crippen molar-refractivity contribution in [2.45, 2.75) is 26.3 Å². The number of benzene rings is 1. The van der Waals surface area contributed by atoms with E-state index >= 15 is 0 Å². The number of nitrogens with one attached hydrogen (secondary N) is 1. The molecule has 0 saturated heterocycles. The molecule has 15 heavy (non-hydrogen) atoms. The molecule has 84 valence electrons. The van der Waals surface area contributed by atoms with Crippen LogP contribution >= 0.6 is 0 Å². The molecule has 0 radical (unpaired) electrons. The predicted molar refractivity (Wildman–Crippen MR) is 61.1 cm³/mol. The standard InChI is InChI=1S/C12H19FN2/c1-10-8-11(4-5-12(10)13)9-15-7-3-2-6-14/h4-5,8,15H,2-3,6-7,9,14H2,1H3. The Labute approximate surface area is 90.7 Å². The lowest BCUT2D eigenvalue weighted by molar-refractivity contribution is 0.610. The van der Waals surface area contributed by atoms with Crippen molar-refractivity contribution in [1.82, 2.24) is 5.32 Å². The van der Waals surface area contributed by atoms with Crippen molar-refractivity contribution in [2.24, 2.45) is 5.73 Å². The number of halogens is 1. The third kappa shape index (κ3) is 4.40. The van der Waals surface area contributed by atoms with Gasteiger partial charge in [0.05, 0.1) is 0 Å². The fraction of sp³-hybridized carbons (Fsp3) is 0.500. The van der Waals surface area contributed by atoms with Crippen LogP contribution in [0.3, 0.4) is 0 Å². The molecule has 0 spiro atoms. The second-order valence-electron chi connectivity index (χ2n) is 3.76. The average Bonchev–Trinajstić information content (AvgIpc) is 2.23. The quantitative estimate of drug-likeness (QED) is 0.704. The lowest BCUT2D eigenvalue weighted by atomic mass is 10.1. The zero-order valence-electron chi connectivity index (χ0n) is 9.22. The van der Waals surface area contributed by atoms with Gasteiger partial charge in [-0.15, -0.1) is 0 Å². The summed E-state index contributed by atoms with van der Waals surface area (Å²) in [5.74, 6) is -0.137. The minimum Gasteiger partial charge on any atom is -0.330 e. The fourth-order valence-electron chi connectivity index (χ4n) is 1.44. The predicted octanol–water partition coefficient (Wildman–Crippen LogP) is 1.96. The number of hydrogen-bond donors (Lipinski definition) is 2. The van der Waals surface area contributed by atoms with E-state index in [1.807, 2.05) is 12.1 Å². The van der Waals surface area contributed by atoms with Gasteiger partial charge in [0.2, 0.25) is 0 Å². The van der Waals surface area contributed by atoms with E-state index in [1.165, 1.54) is 6.07 Å². The Bertz CT molecular complexity index is 300. The first kappa shape index (κ1) is 12.1. The summed E-state index contributed by atoms with van der Waals surface area (Å²) in [7, 11) is 0. The van der Waals surface area contributed by atoms with Gasteiger partial charge < -0.3 is 11.1 Å². The molecule has 1 aromatic rings. The van der Waals surface area contributed by atoms with Crippen molar-refractivity contribution in [3.8, 4) is 0 Å². The zero-order valence-corrected chi connectivity index (χ0v) is 9.22. The highest BCUT2D eigenvalue weighted by atomic mass is 19.1. The Morgan fingerprint density at radius 2 is 2.13 bits per heavy atom. The van der Waals surface area contributed by atoms with Crippen molar-refractivity contribution < 1.29 is 4.39 Å². The van der Waals surface area contributed by atoms with Gasteiger partial charge >= 0.3 is 0 Å². The van der Waals surface area contributed by atoms with Crippen LogP contribution in [0.5, 0.6) is 0 Å². The third-order valence-electron chi connectivity index (χ3n) is 2.36. The van der Waals surface area contributed by atoms with E-state index in [2.05, 4.69) is 5.32 Å². The highest BCUT2D eigenvalue weighted by Gasteiger charge is 1.98. The molecular weight excluding hydrogens is 191 g/mol. The maximum atomic E-state index is 13.0. The highest BCUT2D eigenvalue weighted by molar-refractivity contribution is 5.23. The summed E-state index contributed by atoms with van der Waals surface area (Å²) in [6, 6.07) is 5.22. The van der Waals surface area contributed by atoms with Crippen molar-refractivity contribution in [2.75, 3.05) is 13.1 Å². The van der Waals surface area contributed by atoms with Gasteiger partial charge in [-0.1, -0.05) is 12.1 Å². The smallest absolute Gasteiger partial charge is 0.126 e. The molecule has 0 fully saturated rings.